The van der Waals surface area contributed by atoms with E-state index in [0.717, 1.165) is 24.0 Å². The number of benzene rings is 2. The Morgan fingerprint density at radius 2 is 1.97 bits per heavy atom. The summed E-state index contributed by atoms with van der Waals surface area (Å²) in [7, 11) is 0. The lowest BCUT2D eigenvalue weighted by Crippen LogP contribution is -2.29. The van der Waals surface area contributed by atoms with Gasteiger partial charge in [0, 0.05) is 23.6 Å². The Labute approximate surface area is 196 Å². The molecule has 1 amide bonds. The van der Waals surface area contributed by atoms with Crippen molar-refractivity contribution < 1.29 is 19.4 Å². The third-order valence-electron chi connectivity index (χ3n) is 4.65. The predicted octanol–water partition coefficient (Wildman–Crippen LogP) is 5.77. The highest BCUT2D eigenvalue weighted by Crippen LogP contribution is 2.33. The molecule has 8 heteroatoms. The lowest BCUT2D eigenvalue weighted by Gasteiger charge is -2.13. The quantitative estimate of drug-likeness (QED) is 0.267. The van der Waals surface area contributed by atoms with E-state index in [1.165, 1.54) is 11.8 Å². The van der Waals surface area contributed by atoms with Crippen LogP contribution in [0.1, 0.15) is 36.8 Å². The van der Waals surface area contributed by atoms with Crippen LogP contribution in [0.25, 0.3) is 6.08 Å². The van der Waals surface area contributed by atoms with Crippen LogP contribution in [0.3, 0.4) is 0 Å². The van der Waals surface area contributed by atoms with Gasteiger partial charge >= 0.3 is 5.97 Å². The van der Waals surface area contributed by atoms with Crippen molar-refractivity contribution in [1.29, 1.82) is 0 Å². The molecule has 162 valence electrons. The molecule has 3 rings (SSSR count). The van der Waals surface area contributed by atoms with Crippen LogP contribution in [0.15, 0.2) is 53.4 Å². The molecule has 0 spiro atoms. The number of carbonyl (C=O) groups is 2. The molecule has 31 heavy (non-hydrogen) atoms. The number of hydrogen-bond donors (Lipinski definition) is 1. The van der Waals surface area contributed by atoms with Crippen molar-refractivity contribution in [2.75, 3.05) is 6.54 Å². The van der Waals surface area contributed by atoms with Crippen LogP contribution in [0, 0.1) is 0 Å². The number of thioether (sulfide) groups is 1. The van der Waals surface area contributed by atoms with Gasteiger partial charge in [-0.05, 0) is 42.7 Å². The van der Waals surface area contributed by atoms with Crippen LogP contribution in [0.4, 0.5) is 0 Å². The zero-order chi connectivity index (χ0) is 22.2. The SMILES string of the molecule is O=C(O)CCCCCN1C(=O)/C(=C\c2cccc(OCc3ccccc3Cl)c2)SC1=S. The van der Waals surface area contributed by atoms with E-state index in [0.29, 0.717) is 39.6 Å². The number of rotatable bonds is 10. The highest BCUT2D eigenvalue weighted by Gasteiger charge is 2.31. The molecule has 0 radical (unpaired) electrons. The minimum absolute atomic E-state index is 0.115. The number of ether oxygens (including phenoxy) is 1. The number of hydrogen-bond acceptors (Lipinski definition) is 5. The molecule has 0 atom stereocenters. The number of aliphatic carboxylic acids is 1. The average molecular weight is 476 g/mol. The number of nitrogens with zero attached hydrogens (tertiary/aromatic N) is 1. The first-order chi connectivity index (χ1) is 14.9. The van der Waals surface area contributed by atoms with Crippen LogP contribution in [0.5, 0.6) is 5.75 Å². The number of carboxylic acids is 1. The second-order valence-corrected chi connectivity index (χ2v) is 9.07. The first kappa shape index (κ1) is 23.3. The summed E-state index contributed by atoms with van der Waals surface area (Å²) in [6.45, 7) is 0.857. The fourth-order valence-electron chi connectivity index (χ4n) is 3.04. The average Bonchev–Trinajstić information content (AvgIpc) is 3.00. The number of carbonyl (C=O) groups excluding carboxylic acids is 1. The van der Waals surface area contributed by atoms with E-state index < -0.39 is 5.97 Å². The van der Waals surface area contributed by atoms with Crippen molar-refractivity contribution in [3.63, 3.8) is 0 Å². The zero-order valence-corrected chi connectivity index (χ0v) is 19.1. The molecule has 0 aliphatic carbocycles. The molecule has 1 saturated heterocycles. The van der Waals surface area contributed by atoms with E-state index in [9.17, 15) is 9.59 Å². The smallest absolute Gasteiger partial charge is 0.303 e. The van der Waals surface area contributed by atoms with E-state index >= 15 is 0 Å². The highest BCUT2D eigenvalue weighted by atomic mass is 35.5. The van der Waals surface area contributed by atoms with E-state index in [1.54, 1.807) is 4.90 Å². The predicted molar refractivity (Wildman–Crippen MR) is 128 cm³/mol. The molecule has 0 saturated carbocycles. The second-order valence-electron chi connectivity index (χ2n) is 6.99. The molecule has 1 fully saturated rings. The second kappa shape index (κ2) is 11.3. The summed E-state index contributed by atoms with van der Waals surface area (Å²) in [6, 6.07) is 15.0. The van der Waals surface area contributed by atoms with Crippen molar-refractivity contribution in [1.82, 2.24) is 4.90 Å². The molecule has 1 heterocycles. The Bertz CT molecular complexity index is 1010. The van der Waals surface area contributed by atoms with Crippen molar-refractivity contribution in [2.45, 2.75) is 32.3 Å². The summed E-state index contributed by atoms with van der Waals surface area (Å²) < 4.78 is 6.38. The molecule has 1 aliphatic heterocycles. The van der Waals surface area contributed by atoms with Gasteiger partial charge in [-0.3, -0.25) is 14.5 Å². The Morgan fingerprint density at radius 3 is 2.74 bits per heavy atom. The number of unbranched alkanes of at least 4 members (excludes halogenated alkanes) is 2. The maximum absolute atomic E-state index is 12.7. The van der Waals surface area contributed by atoms with Gasteiger partial charge in [-0.2, -0.15) is 0 Å². The van der Waals surface area contributed by atoms with Gasteiger partial charge in [-0.1, -0.05) is 72.3 Å². The molecule has 2 aromatic carbocycles. The Hall–Kier alpha value is -2.35. The number of carboxylic acid groups (broad SMARTS) is 1. The monoisotopic (exact) mass is 475 g/mol. The van der Waals surface area contributed by atoms with Gasteiger partial charge in [0.1, 0.15) is 16.7 Å². The molecule has 0 aromatic heterocycles. The van der Waals surface area contributed by atoms with Crippen molar-refractivity contribution in [2.24, 2.45) is 0 Å². The number of amides is 1. The fraction of sp³-hybridized carbons (Fsp3) is 0.261. The van der Waals surface area contributed by atoms with Crippen LogP contribution in [-0.2, 0) is 16.2 Å². The first-order valence-electron chi connectivity index (χ1n) is 9.87. The summed E-state index contributed by atoms with van der Waals surface area (Å²) in [4.78, 5) is 25.5. The lowest BCUT2D eigenvalue weighted by atomic mass is 10.2. The maximum Gasteiger partial charge on any atom is 0.303 e. The van der Waals surface area contributed by atoms with Gasteiger partial charge in [-0.25, -0.2) is 0 Å². The summed E-state index contributed by atoms with van der Waals surface area (Å²) in [5.41, 5.74) is 1.75. The van der Waals surface area contributed by atoms with Gasteiger partial charge in [0.25, 0.3) is 5.91 Å². The summed E-state index contributed by atoms with van der Waals surface area (Å²) in [5, 5.41) is 9.35. The van der Waals surface area contributed by atoms with E-state index in [2.05, 4.69) is 0 Å². The number of halogens is 1. The fourth-order valence-corrected chi connectivity index (χ4v) is 4.54. The molecular weight excluding hydrogens is 454 g/mol. The molecule has 5 nitrogen and oxygen atoms in total. The summed E-state index contributed by atoms with van der Waals surface area (Å²) in [6.07, 6.45) is 4.02. The first-order valence-corrected chi connectivity index (χ1v) is 11.5. The van der Waals surface area contributed by atoms with E-state index in [4.69, 9.17) is 33.7 Å². The normalized spacial score (nSPS) is 15.0. The van der Waals surface area contributed by atoms with Crippen LogP contribution < -0.4 is 4.74 Å². The molecule has 0 unspecified atom stereocenters. The topological polar surface area (TPSA) is 66.8 Å². The van der Waals surface area contributed by atoms with Crippen LogP contribution in [-0.4, -0.2) is 32.7 Å². The molecular formula is C23H22ClNO4S2. The summed E-state index contributed by atoms with van der Waals surface area (Å²) in [5.74, 6) is -0.232. The van der Waals surface area contributed by atoms with Gasteiger partial charge in [0.2, 0.25) is 0 Å². The third kappa shape index (κ3) is 6.82. The van der Waals surface area contributed by atoms with E-state index in [-0.39, 0.29) is 12.3 Å². The highest BCUT2D eigenvalue weighted by molar-refractivity contribution is 8.26. The van der Waals surface area contributed by atoms with Gasteiger partial charge in [0.15, 0.2) is 0 Å². The standard InChI is InChI=1S/C23H22ClNO4S2/c24-19-10-4-3-8-17(19)15-29-18-9-6-7-16(13-18)14-20-22(28)25(23(30)31-20)12-5-1-2-11-21(26)27/h3-4,6-10,13-14H,1-2,5,11-12,15H2,(H,26,27)/b20-14+. The van der Waals surface area contributed by atoms with Gasteiger partial charge in [0.05, 0.1) is 4.91 Å². The van der Waals surface area contributed by atoms with Crippen LogP contribution >= 0.6 is 35.6 Å². The largest absolute Gasteiger partial charge is 0.489 e. The minimum Gasteiger partial charge on any atom is -0.489 e. The van der Waals surface area contributed by atoms with Gasteiger partial charge < -0.3 is 9.84 Å². The lowest BCUT2D eigenvalue weighted by molar-refractivity contribution is -0.137. The minimum atomic E-state index is -0.799. The summed E-state index contributed by atoms with van der Waals surface area (Å²) >= 11 is 12.8. The van der Waals surface area contributed by atoms with Crippen LogP contribution in [0.2, 0.25) is 5.02 Å². The molecule has 0 bridgehead atoms. The molecule has 1 N–H and O–H groups in total. The zero-order valence-electron chi connectivity index (χ0n) is 16.8. The van der Waals surface area contributed by atoms with Crippen molar-refractivity contribution >= 4 is 57.9 Å². The third-order valence-corrected chi connectivity index (χ3v) is 6.40. The van der Waals surface area contributed by atoms with Crippen molar-refractivity contribution in [3.05, 3.63) is 69.6 Å². The number of thiocarbonyl (C=S) groups is 1. The Balaban J connectivity index is 1.59. The molecule has 1 aliphatic rings. The Kier molecular flexibility index (Phi) is 8.51. The van der Waals surface area contributed by atoms with Crippen molar-refractivity contribution in [3.8, 4) is 5.75 Å². The molecule has 2 aromatic rings. The van der Waals surface area contributed by atoms with E-state index in [1.807, 2.05) is 54.6 Å². The maximum atomic E-state index is 12.7. The van der Waals surface area contributed by atoms with Gasteiger partial charge in [-0.15, -0.1) is 0 Å². The Morgan fingerprint density at radius 1 is 1.16 bits per heavy atom.